The summed E-state index contributed by atoms with van der Waals surface area (Å²) in [6.45, 7) is 3.82. The molecule has 0 unspecified atom stereocenters. The first kappa shape index (κ1) is 18.9. The fourth-order valence-corrected chi connectivity index (χ4v) is 5.98. The van der Waals surface area contributed by atoms with Gasteiger partial charge in [0.2, 0.25) is 0 Å². The Morgan fingerprint density at radius 1 is 1.07 bits per heavy atom. The molecule has 0 bridgehead atoms. The first-order chi connectivity index (χ1) is 14.2. The van der Waals surface area contributed by atoms with Gasteiger partial charge in [-0.25, -0.2) is 0 Å². The molecule has 0 radical (unpaired) electrons. The molecule has 3 fully saturated rings. The van der Waals surface area contributed by atoms with Crippen molar-refractivity contribution in [3.05, 3.63) is 54.4 Å². The van der Waals surface area contributed by atoms with Gasteiger partial charge in [0.25, 0.3) is 5.91 Å². The molecule has 1 N–H and O–H groups in total. The molecule has 1 aromatic carbocycles. The van der Waals surface area contributed by atoms with E-state index in [4.69, 9.17) is 0 Å². The summed E-state index contributed by atoms with van der Waals surface area (Å²) >= 11 is 0. The van der Waals surface area contributed by atoms with Crippen LogP contribution in [-0.4, -0.2) is 41.5 Å². The average molecular weight is 392 g/mol. The van der Waals surface area contributed by atoms with E-state index in [0.717, 1.165) is 30.0 Å². The van der Waals surface area contributed by atoms with Crippen molar-refractivity contribution in [3.8, 4) is 0 Å². The smallest absolute Gasteiger partial charge is 0.260 e. The Morgan fingerprint density at radius 3 is 2.45 bits per heavy atom. The molecule has 5 rings (SSSR count). The molecule has 0 atom stereocenters. The van der Waals surface area contributed by atoms with Crippen molar-refractivity contribution in [2.24, 2.45) is 11.3 Å². The molecule has 2 heterocycles. The van der Waals surface area contributed by atoms with Crippen molar-refractivity contribution in [1.82, 2.24) is 9.88 Å². The highest BCUT2D eigenvalue weighted by molar-refractivity contribution is 6.06. The molecule has 2 aromatic rings. The van der Waals surface area contributed by atoms with E-state index < -0.39 is 0 Å². The molecule has 29 heavy (non-hydrogen) atoms. The number of carbonyl (C=O) groups excluding carboxylic acids is 1. The SMILES string of the molecule is O=C(c1cc[nH]c1)N(c1ccccc1)C1CC2(CCN(CC3CCCC3)CC2)C1. The summed E-state index contributed by atoms with van der Waals surface area (Å²) in [7, 11) is 0. The van der Waals surface area contributed by atoms with E-state index in [1.165, 1.54) is 58.2 Å². The number of benzene rings is 1. The summed E-state index contributed by atoms with van der Waals surface area (Å²) in [5.74, 6) is 1.07. The van der Waals surface area contributed by atoms with Crippen LogP contribution in [0.3, 0.4) is 0 Å². The number of para-hydroxylation sites is 1. The Labute approximate surface area is 174 Å². The lowest BCUT2D eigenvalue weighted by molar-refractivity contribution is 0.0111. The Bertz CT molecular complexity index is 794. The zero-order valence-electron chi connectivity index (χ0n) is 17.4. The van der Waals surface area contributed by atoms with Crippen molar-refractivity contribution in [3.63, 3.8) is 0 Å². The maximum Gasteiger partial charge on any atom is 0.260 e. The van der Waals surface area contributed by atoms with Crippen molar-refractivity contribution in [2.75, 3.05) is 24.5 Å². The Morgan fingerprint density at radius 2 is 1.79 bits per heavy atom. The zero-order chi connectivity index (χ0) is 19.7. The van der Waals surface area contributed by atoms with E-state index in [1.807, 2.05) is 36.7 Å². The van der Waals surface area contributed by atoms with E-state index in [-0.39, 0.29) is 5.91 Å². The van der Waals surface area contributed by atoms with Gasteiger partial charge in [0.15, 0.2) is 0 Å². The van der Waals surface area contributed by atoms with Crippen LogP contribution in [0.1, 0.15) is 61.7 Å². The molecule has 3 aliphatic rings. The van der Waals surface area contributed by atoms with E-state index in [1.54, 1.807) is 0 Å². The van der Waals surface area contributed by atoms with Crippen LogP contribution in [0.4, 0.5) is 5.69 Å². The molecule has 2 aliphatic carbocycles. The highest BCUT2D eigenvalue weighted by Gasteiger charge is 2.49. The van der Waals surface area contributed by atoms with Crippen molar-refractivity contribution in [2.45, 2.75) is 57.4 Å². The summed E-state index contributed by atoms with van der Waals surface area (Å²) in [4.78, 5) is 21.1. The second-order valence-corrected chi connectivity index (χ2v) is 9.62. The molecule has 1 aromatic heterocycles. The number of hydrogen-bond acceptors (Lipinski definition) is 2. The number of aromatic amines is 1. The Balaban J connectivity index is 1.23. The second kappa shape index (κ2) is 7.98. The summed E-state index contributed by atoms with van der Waals surface area (Å²) in [5, 5.41) is 0. The number of nitrogens with zero attached hydrogens (tertiary/aromatic N) is 2. The predicted octanol–water partition coefficient (Wildman–Crippen LogP) is 5.10. The molecule has 1 saturated heterocycles. The third-order valence-electron chi connectivity index (χ3n) is 7.71. The number of aromatic nitrogens is 1. The number of nitrogens with one attached hydrogen (secondary N) is 1. The van der Waals surface area contributed by atoms with Crippen molar-refractivity contribution >= 4 is 11.6 Å². The third-order valence-corrected chi connectivity index (χ3v) is 7.71. The summed E-state index contributed by atoms with van der Waals surface area (Å²) in [6.07, 6.45) is 14.3. The number of H-pyrrole nitrogens is 1. The average Bonchev–Trinajstić information content (AvgIpc) is 3.43. The topological polar surface area (TPSA) is 39.3 Å². The van der Waals surface area contributed by atoms with Crippen molar-refractivity contribution in [1.29, 1.82) is 0 Å². The minimum Gasteiger partial charge on any atom is -0.367 e. The predicted molar refractivity (Wildman–Crippen MR) is 117 cm³/mol. The lowest BCUT2D eigenvalue weighted by Crippen LogP contribution is -2.57. The number of likely N-dealkylation sites (tertiary alicyclic amines) is 1. The van der Waals surface area contributed by atoms with E-state index in [2.05, 4.69) is 26.9 Å². The Hall–Kier alpha value is -2.07. The molecule has 1 amide bonds. The summed E-state index contributed by atoms with van der Waals surface area (Å²) in [6, 6.07) is 12.4. The van der Waals surface area contributed by atoms with Gasteiger partial charge in [0, 0.05) is 30.7 Å². The first-order valence-electron chi connectivity index (χ1n) is 11.5. The number of piperidine rings is 1. The number of amides is 1. The molecular formula is C25H33N3O. The summed E-state index contributed by atoms with van der Waals surface area (Å²) < 4.78 is 0. The molecule has 154 valence electrons. The lowest BCUT2D eigenvalue weighted by Gasteiger charge is -2.55. The maximum absolute atomic E-state index is 13.3. The zero-order valence-corrected chi connectivity index (χ0v) is 17.4. The van der Waals surface area contributed by atoms with Crippen LogP contribution < -0.4 is 4.90 Å². The largest absolute Gasteiger partial charge is 0.367 e. The van der Waals surface area contributed by atoms with Crippen LogP contribution >= 0.6 is 0 Å². The highest BCUT2D eigenvalue weighted by atomic mass is 16.2. The van der Waals surface area contributed by atoms with Crippen LogP contribution in [0.15, 0.2) is 48.8 Å². The van der Waals surface area contributed by atoms with Gasteiger partial charge >= 0.3 is 0 Å². The van der Waals surface area contributed by atoms with Gasteiger partial charge in [-0.1, -0.05) is 31.0 Å². The van der Waals surface area contributed by atoms with Crippen LogP contribution in [0, 0.1) is 11.3 Å². The fourth-order valence-electron chi connectivity index (χ4n) is 5.98. The van der Waals surface area contributed by atoms with Gasteiger partial charge in [-0.05, 0) is 81.1 Å². The number of rotatable bonds is 5. The minimum absolute atomic E-state index is 0.121. The van der Waals surface area contributed by atoms with Gasteiger partial charge in [-0.2, -0.15) is 0 Å². The standard InChI is InChI=1S/C25H33N3O/c29-24(21-10-13-26-18-21)28(22-8-2-1-3-9-22)23-16-25(17-23)11-14-27(15-12-25)19-20-6-4-5-7-20/h1-3,8-10,13,18,20,23,26H,4-7,11-12,14-17,19H2. The normalized spacial score (nSPS) is 22.6. The Kier molecular flexibility index (Phi) is 5.21. The van der Waals surface area contributed by atoms with Crippen LogP contribution in [0.2, 0.25) is 0 Å². The van der Waals surface area contributed by atoms with E-state index in [0.29, 0.717) is 11.5 Å². The van der Waals surface area contributed by atoms with Gasteiger partial charge in [-0.15, -0.1) is 0 Å². The lowest BCUT2D eigenvalue weighted by atomic mass is 9.60. The number of anilines is 1. The number of carbonyl (C=O) groups is 1. The molecule has 4 nitrogen and oxygen atoms in total. The van der Waals surface area contributed by atoms with E-state index in [9.17, 15) is 4.79 Å². The fraction of sp³-hybridized carbons (Fsp3) is 0.560. The molecule has 1 spiro atoms. The number of hydrogen-bond donors (Lipinski definition) is 1. The maximum atomic E-state index is 13.3. The van der Waals surface area contributed by atoms with Crippen LogP contribution in [0.25, 0.3) is 0 Å². The molecule has 2 saturated carbocycles. The quantitative estimate of drug-likeness (QED) is 0.770. The monoisotopic (exact) mass is 391 g/mol. The van der Waals surface area contributed by atoms with Crippen LogP contribution in [-0.2, 0) is 0 Å². The highest BCUT2D eigenvalue weighted by Crippen LogP contribution is 2.52. The molecule has 1 aliphatic heterocycles. The van der Waals surface area contributed by atoms with Gasteiger partial charge in [0.1, 0.15) is 0 Å². The third kappa shape index (κ3) is 3.87. The van der Waals surface area contributed by atoms with Gasteiger partial charge in [-0.3, -0.25) is 4.79 Å². The van der Waals surface area contributed by atoms with Gasteiger partial charge < -0.3 is 14.8 Å². The molecular weight excluding hydrogens is 358 g/mol. The van der Waals surface area contributed by atoms with Crippen molar-refractivity contribution < 1.29 is 4.79 Å². The minimum atomic E-state index is 0.121. The molecule has 4 heteroatoms. The van der Waals surface area contributed by atoms with Crippen LogP contribution in [0.5, 0.6) is 0 Å². The summed E-state index contributed by atoms with van der Waals surface area (Å²) in [5.41, 5.74) is 2.24. The second-order valence-electron chi connectivity index (χ2n) is 9.62. The van der Waals surface area contributed by atoms with Gasteiger partial charge in [0.05, 0.1) is 5.56 Å². The van der Waals surface area contributed by atoms with E-state index >= 15 is 0 Å². The first-order valence-corrected chi connectivity index (χ1v) is 11.5.